The number of nitrogen functional groups attached to an aromatic ring is 5. The van der Waals surface area contributed by atoms with Crippen LogP contribution >= 0.6 is 0 Å². The molecule has 0 aliphatic rings. The largest absolute Gasteiger partial charge is 0.505 e. The fourth-order valence-electron chi connectivity index (χ4n) is 5.29. The second kappa shape index (κ2) is 16.0. The first-order valence-electron chi connectivity index (χ1n) is 16.4. The summed E-state index contributed by atoms with van der Waals surface area (Å²) in [4.78, 5) is -2.57. The van der Waals surface area contributed by atoms with Crippen LogP contribution in [0, 0.1) is 0 Å². The molecule has 6 aromatic carbocycles. The zero-order valence-electron chi connectivity index (χ0n) is 30.1. The molecule has 0 heterocycles. The van der Waals surface area contributed by atoms with Gasteiger partial charge in [-0.3, -0.25) is 13.7 Å². The fourth-order valence-corrected chi connectivity index (χ4v) is 7.24. The van der Waals surface area contributed by atoms with Crippen LogP contribution in [0.25, 0.3) is 10.8 Å². The second-order valence-electron chi connectivity index (χ2n) is 12.3. The molecule has 0 spiro atoms. The molecule has 0 aliphatic carbocycles. The fraction of sp³-hybridized carbons (Fsp3) is 0. The molecule has 14 N–H and O–H groups in total. The quantitative estimate of drug-likeness (QED) is 0.0340. The number of azo groups is 4. The van der Waals surface area contributed by atoms with Crippen molar-refractivity contribution in [3.63, 3.8) is 0 Å². The van der Waals surface area contributed by atoms with Gasteiger partial charge in [-0.1, -0.05) is 0 Å². The Morgan fingerprint density at radius 2 is 0.833 bits per heavy atom. The van der Waals surface area contributed by atoms with Gasteiger partial charge in [-0.25, -0.2) is 0 Å². The lowest BCUT2D eigenvalue weighted by Crippen LogP contribution is -2.04. The molecule has 0 saturated carbocycles. The number of fused-ring (bicyclic) bond motifs is 1. The van der Waals surface area contributed by atoms with Gasteiger partial charge in [0.05, 0.1) is 50.9 Å². The number of hydrogen-bond donors (Lipinski definition) is 9. The van der Waals surface area contributed by atoms with Crippen LogP contribution in [0.5, 0.6) is 5.75 Å². The molecule has 0 fully saturated rings. The lowest BCUT2D eigenvalue weighted by Gasteiger charge is -2.14. The van der Waals surface area contributed by atoms with Gasteiger partial charge in [0, 0.05) is 5.69 Å². The Morgan fingerprint density at radius 3 is 1.30 bits per heavy atom. The van der Waals surface area contributed by atoms with Gasteiger partial charge in [-0.15, -0.1) is 20.5 Å². The van der Waals surface area contributed by atoms with E-state index < -0.39 is 73.2 Å². The minimum Gasteiger partial charge on any atom is -0.505 e. The molecule has 60 heavy (non-hydrogen) atoms. The Morgan fingerprint density at radius 1 is 0.417 bits per heavy atom. The van der Waals surface area contributed by atoms with Crippen molar-refractivity contribution in [1.82, 2.24) is 0 Å². The van der Waals surface area contributed by atoms with Crippen molar-refractivity contribution in [2.24, 2.45) is 40.9 Å². The lowest BCUT2D eigenvalue weighted by atomic mass is 10.1. The highest BCUT2D eigenvalue weighted by Crippen LogP contribution is 2.48. The smallest absolute Gasteiger partial charge is 0.296 e. The minimum atomic E-state index is -5.17. The molecule has 6 aromatic rings. The van der Waals surface area contributed by atoms with E-state index in [2.05, 4.69) is 40.9 Å². The molecule has 0 radical (unpaired) electrons. The van der Waals surface area contributed by atoms with Gasteiger partial charge in [0.2, 0.25) is 0 Å². The van der Waals surface area contributed by atoms with Crippen molar-refractivity contribution < 1.29 is 44.0 Å². The maximum Gasteiger partial charge on any atom is 0.296 e. The number of rotatable bonds is 11. The molecule has 308 valence electrons. The maximum atomic E-state index is 12.5. The summed E-state index contributed by atoms with van der Waals surface area (Å²) < 4.78 is 103. The maximum absolute atomic E-state index is 12.5. The molecule has 0 saturated heterocycles. The minimum absolute atomic E-state index is 0.0418. The summed E-state index contributed by atoms with van der Waals surface area (Å²) in [6.07, 6.45) is 0. The van der Waals surface area contributed by atoms with Crippen LogP contribution in [0.4, 0.5) is 73.9 Å². The summed E-state index contributed by atoms with van der Waals surface area (Å²) in [5, 5.41) is 42.2. The zero-order valence-corrected chi connectivity index (χ0v) is 32.5. The van der Waals surface area contributed by atoms with E-state index in [4.69, 9.17) is 28.7 Å². The number of benzene rings is 6. The van der Waals surface area contributed by atoms with Crippen molar-refractivity contribution in [3.05, 3.63) is 91.0 Å². The summed E-state index contributed by atoms with van der Waals surface area (Å²) in [6.45, 7) is 0. The molecule has 26 heteroatoms. The molecular formula is C34H29N13O10S3. The first-order valence-corrected chi connectivity index (χ1v) is 20.7. The summed E-state index contributed by atoms with van der Waals surface area (Å²) in [5.41, 5.74) is 28.6. The van der Waals surface area contributed by atoms with Crippen molar-refractivity contribution in [2.75, 3.05) is 28.7 Å². The molecule has 0 aliphatic heterocycles. The predicted octanol–water partition coefficient (Wildman–Crippen LogP) is 7.86. The van der Waals surface area contributed by atoms with Gasteiger partial charge < -0.3 is 33.8 Å². The lowest BCUT2D eigenvalue weighted by molar-refractivity contribution is 0.472. The SMILES string of the molecule is Nc1ccc(N=Nc2ccc(N=Nc3c(S(=O)(=O)O)cc4cc(S(=O)(=O)O)c(N=Nc5ccc(N=Nc6cc(S(=O)(=O)O)c(N)cc6N)cc5)c(N)c4c3O)cc2)c(N)c1. The average Bonchev–Trinajstić information content (AvgIpc) is 3.15. The number of anilines is 5. The highest BCUT2D eigenvalue weighted by atomic mass is 32.2. The Labute approximate surface area is 339 Å². The van der Waals surface area contributed by atoms with Crippen LogP contribution in [-0.4, -0.2) is 44.0 Å². The van der Waals surface area contributed by atoms with Gasteiger partial charge in [0.25, 0.3) is 30.4 Å². The van der Waals surface area contributed by atoms with Gasteiger partial charge in [-0.05, 0) is 96.4 Å². The molecule has 0 unspecified atom stereocenters. The third kappa shape index (κ3) is 9.28. The third-order valence-corrected chi connectivity index (χ3v) is 10.8. The number of phenolic OH excluding ortho intramolecular Hbond substituents is 1. The average molecular weight is 876 g/mol. The van der Waals surface area contributed by atoms with E-state index in [9.17, 15) is 44.0 Å². The van der Waals surface area contributed by atoms with Crippen molar-refractivity contribution in [1.29, 1.82) is 0 Å². The van der Waals surface area contributed by atoms with E-state index in [1.165, 1.54) is 54.6 Å². The Bertz CT molecular complexity index is 3180. The zero-order chi connectivity index (χ0) is 43.7. The van der Waals surface area contributed by atoms with Gasteiger partial charge in [-0.2, -0.15) is 45.7 Å². The van der Waals surface area contributed by atoms with Gasteiger partial charge in [0.1, 0.15) is 37.4 Å². The van der Waals surface area contributed by atoms with E-state index in [0.29, 0.717) is 22.7 Å². The molecule has 0 bridgehead atoms. The topological polar surface area (TPSA) is 412 Å². The summed E-state index contributed by atoms with van der Waals surface area (Å²) in [5.74, 6) is -0.966. The van der Waals surface area contributed by atoms with E-state index in [1.807, 2.05) is 0 Å². The van der Waals surface area contributed by atoms with E-state index in [0.717, 1.165) is 24.3 Å². The highest BCUT2D eigenvalue weighted by molar-refractivity contribution is 7.86. The van der Waals surface area contributed by atoms with Gasteiger partial charge >= 0.3 is 0 Å². The Balaban J connectivity index is 1.34. The third-order valence-electron chi connectivity index (χ3n) is 8.14. The molecule has 23 nitrogen and oxygen atoms in total. The monoisotopic (exact) mass is 875 g/mol. The standard InChI is InChI=1S/C34H29N13O10S3/c35-17-1-10-25(22(36)13-17)44-40-18-2-8-21(9-3-18)43-47-33-29(60(55,56)57)12-16-11-28(59(52,53)54)32(31(39)30(16)34(33)48)46-42-20-6-4-19(5-7-20)41-45-26-15-27(58(49,50)51)24(38)14-23(26)37/h1-15,48H,35-39H2,(H,49,50,51)(H,52,53,54)(H,55,56,57). The van der Waals surface area contributed by atoms with Crippen LogP contribution in [0.2, 0.25) is 0 Å². The Kier molecular flexibility index (Phi) is 11.3. The molecule has 0 amide bonds. The van der Waals surface area contributed by atoms with E-state index in [1.54, 1.807) is 12.1 Å². The summed E-state index contributed by atoms with van der Waals surface area (Å²) >= 11 is 0. The van der Waals surface area contributed by atoms with Crippen LogP contribution in [0.1, 0.15) is 0 Å². The number of nitrogens with zero attached hydrogens (tertiary/aromatic N) is 8. The van der Waals surface area contributed by atoms with Crippen LogP contribution in [0.3, 0.4) is 0 Å². The second-order valence-corrected chi connectivity index (χ2v) is 16.5. The van der Waals surface area contributed by atoms with Crippen LogP contribution in [0.15, 0.2) is 147 Å². The van der Waals surface area contributed by atoms with E-state index in [-0.39, 0.29) is 39.5 Å². The number of aromatic hydroxyl groups is 1. The first kappa shape index (κ1) is 42.1. The molecule has 6 rings (SSSR count). The molecular weight excluding hydrogens is 847 g/mol. The molecule has 0 atom stereocenters. The Hall–Kier alpha value is -7.49. The first-order chi connectivity index (χ1) is 28.1. The van der Waals surface area contributed by atoms with Crippen molar-refractivity contribution in [2.45, 2.75) is 14.7 Å². The summed E-state index contributed by atoms with van der Waals surface area (Å²) in [7, 11) is -15.0. The predicted molar refractivity (Wildman–Crippen MR) is 220 cm³/mol. The van der Waals surface area contributed by atoms with Gasteiger partial charge in [0.15, 0.2) is 5.75 Å². The number of nitrogens with two attached hydrogens (primary N) is 5. The van der Waals surface area contributed by atoms with Crippen molar-refractivity contribution >= 4 is 115 Å². The molecule has 0 aromatic heterocycles. The van der Waals surface area contributed by atoms with Crippen LogP contribution < -0.4 is 28.7 Å². The number of hydrogen-bond acceptors (Lipinski definition) is 20. The van der Waals surface area contributed by atoms with Crippen molar-refractivity contribution in [3.8, 4) is 5.75 Å². The normalized spacial score (nSPS) is 12.8. The van der Waals surface area contributed by atoms with Crippen LogP contribution in [-0.2, 0) is 30.4 Å². The van der Waals surface area contributed by atoms with E-state index >= 15 is 0 Å². The highest BCUT2D eigenvalue weighted by Gasteiger charge is 2.28. The number of phenols is 1. The summed E-state index contributed by atoms with van der Waals surface area (Å²) in [6, 6.07) is 19.5.